The van der Waals surface area contributed by atoms with E-state index < -0.39 is 0 Å². The fourth-order valence-corrected chi connectivity index (χ4v) is 1.68. The molecule has 3 nitrogen and oxygen atoms in total. The molecule has 0 aliphatic heterocycles. The number of ether oxygens (including phenoxy) is 1. The zero-order valence-electron chi connectivity index (χ0n) is 10.5. The molecule has 1 rings (SSSR count). The lowest BCUT2D eigenvalue weighted by Gasteiger charge is -2.20. The van der Waals surface area contributed by atoms with Crippen molar-refractivity contribution >= 4 is 0 Å². The first-order valence-electron chi connectivity index (χ1n) is 5.81. The first-order chi connectivity index (χ1) is 8.15. The molecule has 4 heteroatoms. The van der Waals surface area contributed by atoms with Crippen molar-refractivity contribution in [3.05, 3.63) is 35.6 Å². The number of hydrogen-bond acceptors (Lipinski definition) is 3. The maximum absolute atomic E-state index is 12.7. The van der Waals surface area contributed by atoms with Crippen molar-refractivity contribution in [2.75, 3.05) is 27.2 Å². The molecule has 0 aromatic heterocycles. The Hall–Kier alpha value is -0.970. The zero-order chi connectivity index (χ0) is 12.7. The third-order valence-electron chi connectivity index (χ3n) is 2.79. The molecular weight excluding hydrogens is 219 g/mol. The Morgan fingerprint density at radius 2 is 2.00 bits per heavy atom. The van der Waals surface area contributed by atoms with E-state index in [-0.39, 0.29) is 11.9 Å². The fraction of sp³-hybridized carbons (Fsp3) is 0.538. The molecular formula is C13H21FN2O. The SMILES string of the molecule is COC(CN)CCN(C)Cc1ccc(F)cc1. The summed E-state index contributed by atoms with van der Waals surface area (Å²) < 4.78 is 17.9. The van der Waals surface area contributed by atoms with E-state index in [2.05, 4.69) is 4.90 Å². The molecule has 0 bridgehead atoms. The first-order valence-corrected chi connectivity index (χ1v) is 5.81. The lowest BCUT2D eigenvalue weighted by atomic mass is 10.2. The van der Waals surface area contributed by atoms with Gasteiger partial charge in [0.1, 0.15) is 5.82 Å². The van der Waals surface area contributed by atoms with Gasteiger partial charge in [-0.3, -0.25) is 0 Å². The van der Waals surface area contributed by atoms with Gasteiger partial charge in [0.05, 0.1) is 6.10 Å². The molecule has 0 aliphatic carbocycles. The van der Waals surface area contributed by atoms with Crippen LogP contribution in [0.3, 0.4) is 0 Å². The van der Waals surface area contributed by atoms with Gasteiger partial charge in [-0.2, -0.15) is 0 Å². The van der Waals surface area contributed by atoms with E-state index in [1.165, 1.54) is 12.1 Å². The molecule has 1 atom stereocenters. The maximum Gasteiger partial charge on any atom is 0.123 e. The Morgan fingerprint density at radius 1 is 1.35 bits per heavy atom. The van der Waals surface area contributed by atoms with Gasteiger partial charge in [-0.15, -0.1) is 0 Å². The van der Waals surface area contributed by atoms with Gasteiger partial charge in [0.25, 0.3) is 0 Å². The van der Waals surface area contributed by atoms with Gasteiger partial charge in [0.15, 0.2) is 0 Å². The van der Waals surface area contributed by atoms with E-state index in [1.54, 1.807) is 7.11 Å². The Kier molecular flexibility index (Phi) is 6.11. The lowest BCUT2D eigenvalue weighted by molar-refractivity contribution is 0.0919. The topological polar surface area (TPSA) is 38.5 Å². The maximum atomic E-state index is 12.7. The quantitative estimate of drug-likeness (QED) is 0.787. The predicted octanol–water partition coefficient (Wildman–Crippen LogP) is 1.62. The number of nitrogens with zero attached hydrogens (tertiary/aromatic N) is 1. The van der Waals surface area contributed by atoms with Crippen LogP contribution in [0, 0.1) is 5.82 Å². The molecule has 0 saturated heterocycles. The van der Waals surface area contributed by atoms with Crippen molar-refractivity contribution in [1.29, 1.82) is 0 Å². The highest BCUT2D eigenvalue weighted by Gasteiger charge is 2.07. The summed E-state index contributed by atoms with van der Waals surface area (Å²) in [4.78, 5) is 2.18. The standard InChI is InChI=1S/C13H21FN2O/c1-16(8-7-13(9-15)17-2)10-11-3-5-12(14)6-4-11/h3-6,13H,7-10,15H2,1-2H3. The van der Waals surface area contributed by atoms with Gasteiger partial charge in [-0.05, 0) is 31.2 Å². The van der Waals surface area contributed by atoms with Crippen LogP contribution in [0.2, 0.25) is 0 Å². The van der Waals surface area contributed by atoms with Gasteiger partial charge in [-0.25, -0.2) is 4.39 Å². The minimum Gasteiger partial charge on any atom is -0.380 e. The van der Waals surface area contributed by atoms with E-state index in [1.807, 2.05) is 19.2 Å². The summed E-state index contributed by atoms with van der Waals surface area (Å²) in [6, 6.07) is 6.59. The van der Waals surface area contributed by atoms with E-state index in [4.69, 9.17) is 10.5 Å². The summed E-state index contributed by atoms with van der Waals surface area (Å²) in [5.41, 5.74) is 6.66. The normalized spacial score (nSPS) is 13.0. The summed E-state index contributed by atoms with van der Waals surface area (Å²) in [7, 11) is 3.71. The van der Waals surface area contributed by atoms with Crippen LogP contribution in [-0.4, -0.2) is 38.3 Å². The second-order valence-electron chi connectivity index (χ2n) is 4.25. The largest absolute Gasteiger partial charge is 0.380 e. The number of benzene rings is 1. The van der Waals surface area contributed by atoms with E-state index in [9.17, 15) is 4.39 Å². The van der Waals surface area contributed by atoms with Gasteiger partial charge in [-0.1, -0.05) is 12.1 Å². The van der Waals surface area contributed by atoms with Crippen LogP contribution < -0.4 is 5.73 Å². The van der Waals surface area contributed by atoms with Crippen molar-refractivity contribution < 1.29 is 9.13 Å². The van der Waals surface area contributed by atoms with Gasteiger partial charge < -0.3 is 15.4 Å². The average Bonchev–Trinajstić information content (AvgIpc) is 2.33. The molecule has 1 unspecified atom stereocenters. The molecule has 1 aromatic carbocycles. The van der Waals surface area contributed by atoms with Crippen molar-refractivity contribution in [3.63, 3.8) is 0 Å². The van der Waals surface area contributed by atoms with Crippen LogP contribution in [0.5, 0.6) is 0 Å². The first kappa shape index (κ1) is 14.1. The molecule has 0 saturated carbocycles. The smallest absolute Gasteiger partial charge is 0.123 e. The van der Waals surface area contributed by atoms with Gasteiger partial charge >= 0.3 is 0 Å². The summed E-state index contributed by atoms with van der Waals surface area (Å²) in [5, 5.41) is 0. The van der Waals surface area contributed by atoms with E-state index in [0.29, 0.717) is 6.54 Å². The molecule has 0 aliphatic rings. The minimum absolute atomic E-state index is 0.116. The minimum atomic E-state index is -0.195. The molecule has 1 aromatic rings. The number of halogens is 1. The molecule has 17 heavy (non-hydrogen) atoms. The van der Waals surface area contributed by atoms with Crippen LogP contribution in [-0.2, 0) is 11.3 Å². The molecule has 2 N–H and O–H groups in total. The Balaban J connectivity index is 2.34. The monoisotopic (exact) mass is 240 g/mol. The highest BCUT2D eigenvalue weighted by Crippen LogP contribution is 2.06. The van der Waals surface area contributed by atoms with Crippen LogP contribution in [0.4, 0.5) is 4.39 Å². The molecule has 0 spiro atoms. The van der Waals surface area contributed by atoms with E-state index in [0.717, 1.165) is 25.1 Å². The number of rotatable bonds is 7. The summed E-state index contributed by atoms with van der Waals surface area (Å²) in [6.45, 7) is 2.26. The second-order valence-corrected chi connectivity index (χ2v) is 4.25. The summed E-state index contributed by atoms with van der Waals surface area (Å²) in [5.74, 6) is -0.195. The predicted molar refractivity (Wildman–Crippen MR) is 67.2 cm³/mol. The third-order valence-corrected chi connectivity index (χ3v) is 2.79. The van der Waals surface area contributed by atoms with Gasteiger partial charge in [0.2, 0.25) is 0 Å². The van der Waals surface area contributed by atoms with Crippen molar-refractivity contribution in [3.8, 4) is 0 Å². The number of nitrogens with two attached hydrogens (primary N) is 1. The zero-order valence-corrected chi connectivity index (χ0v) is 10.5. The van der Waals surface area contributed by atoms with Crippen LogP contribution in [0.15, 0.2) is 24.3 Å². The Morgan fingerprint density at radius 3 is 2.53 bits per heavy atom. The van der Waals surface area contributed by atoms with Crippen LogP contribution in [0.25, 0.3) is 0 Å². The molecule has 0 amide bonds. The summed E-state index contributed by atoms with van der Waals surface area (Å²) in [6.07, 6.45) is 1.02. The van der Waals surface area contributed by atoms with E-state index >= 15 is 0 Å². The van der Waals surface area contributed by atoms with Crippen LogP contribution in [0.1, 0.15) is 12.0 Å². The molecule has 0 fully saturated rings. The average molecular weight is 240 g/mol. The number of hydrogen-bond donors (Lipinski definition) is 1. The highest BCUT2D eigenvalue weighted by molar-refractivity contribution is 5.15. The van der Waals surface area contributed by atoms with Crippen molar-refractivity contribution in [2.24, 2.45) is 5.73 Å². The molecule has 0 heterocycles. The Labute approximate surface area is 102 Å². The summed E-state index contributed by atoms with van der Waals surface area (Å²) >= 11 is 0. The molecule has 0 radical (unpaired) electrons. The highest BCUT2D eigenvalue weighted by atomic mass is 19.1. The number of methoxy groups -OCH3 is 1. The van der Waals surface area contributed by atoms with Gasteiger partial charge in [0, 0.05) is 26.7 Å². The van der Waals surface area contributed by atoms with Crippen molar-refractivity contribution in [1.82, 2.24) is 4.90 Å². The van der Waals surface area contributed by atoms with Crippen LogP contribution >= 0.6 is 0 Å². The fourth-order valence-electron chi connectivity index (χ4n) is 1.68. The third kappa shape index (κ3) is 5.26. The molecule has 96 valence electrons. The Bertz CT molecular complexity index is 312. The lowest BCUT2D eigenvalue weighted by Crippen LogP contribution is -2.28. The van der Waals surface area contributed by atoms with Crippen molar-refractivity contribution in [2.45, 2.75) is 19.1 Å². The second kappa shape index (κ2) is 7.37.